The smallest absolute Gasteiger partial charge is 0.250 e. The number of hydrogen-bond acceptors (Lipinski definition) is 7. The average molecular weight is 421 g/mol. The van der Waals surface area contributed by atoms with Crippen LogP contribution in [0.1, 0.15) is 29.0 Å². The van der Waals surface area contributed by atoms with Crippen LogP contribution >= 0.6 is 11.3 Å². The highest BCUT2D eigenvalue weighted by molar-refractivity contribution is 7.91. The highest BCUT2D eigenvalue weighted by Crippen LogP contribution is 2.21. The van der Waals surface area contributed by atoms with Crippen LogP contribution in [0.25, 0.3) is 5.82 Å². The molecule has 0 aliphatic rings. The average Bonchev–Trinajstić information content (AvgIpc) is 3.25. The molecule has 3 rings (SSSR count). The summed E-state index contributed by atoms with van der Waals surface area (Å²) >= 11 is 1.30. The highest BCUT2D eigenvalue weighted by Gasteiger charge is 2.16. The van der Waals surface area contributed by atoms with Gasteiger partial charge in [0.1, 0.15) is 15.9 Å². The highest BCUT2D eigenvalue weighted by atomic mass is 32.2. The fourth-order valence-corrected chi connectivity index (χ4v) is 5.12. The van der Waals surface area contributed by atoms with Crippen molar-refractivity contribution in [2.45, 2.75) is 38.3 Å². The first-order valence-corrected chi connectivity index (χ1v) is 11.3. The first-order chi connectivity index (χ1) is 13.3. The second-order valence-electron chi connectivity index (χ2n) is 6.40. The molecule has 0 radical (unpaired) electrons. The van der Waals surface area contributed by atoms with Crippen molar-refractivity contribution in [1.29, 1.82) is 0 Å². The molecule has 3 aromatic heterocycles. The Morgan fingerprint density at radius 3 is 2.54 bits per heavy atom. The van der Waals surface area contributed by atoms with E-state index in [1.54, 1.807) is 16.8 Å². The molecule has 150 valence electrons. The van der Waals surface area contributed by atoms with Crippen LogP contribution in [-0.4, -0.2) is 41.3 Å². The number of anilines is 1. The molecule has 0 unspecified atom stereocenters. The molecular formula is C18H24N6O2S2. The molecular weight excluding hydrogens is 396 g/mol. The van der Waals surface area contributed by atoms with E-state index in [4.69, 9.17) is 0 Å². The third kappa shape index (κ3) is 4.75. The van der Waals surface area contributed by atoms with Gasteiger partial charge in [0.15, 0.2) is 5.82 Å². The molecule has 0 fully saturated rings. The van der Waals surface area contributed by atoms with Gasteiger partial charge in [-0.2, -0.15) is 5.10 Å². The topological polar surface area (TPSA) is 102 Å². The molecule has 8 nitrogen and oxygen atoms in total. The first-order valence-electron chi connectivity index (χ1n) is 9.00. The summed E-state index contributed by atoms with van der Waals surface area (Å²) < 4.78 is 29.4. The predicted molar refractivity (Wildman–Crippen MR) is 111 cm³/mol. The fourth-order valence-electron chi connectivity index (χ4n) is 2.75. The van der Waals surface area contributed by atoms with Crippen molar-refractivity contribution in [3.8, 4) is 5.82 Å². The zero-order valence-electron chi connectivity index (χ0n) is 16.4. The molecule has 0 aromatic carbocycles. The van der Waals surface area contributed by atoms with Crippen LogP contribution in [0.5, 0.6) is 0 Å². The van der Waals surface area contributed by atoms with Crippen molar-refractivity contribution >= 4 is 27.2 Å². The maximum absolute atomic E-state index is 12.3. The molecule has 0 saturated heterocycles. The Morgan fingerprint density at radius 2 is 1.89 bits per heavy atom. The van der Waals surface area contributed by atoms with Crippen LogP contribution in [0.4, 0.5) is 5.82 Å². The monoisotopic (exact) mass is 420 g/mol. The number of aromatic nitrogens is 4. The van der Waals surface area contributed by atoms with Gasteiger partial charge in [-0.3, -0.25) is 0 Å². The van der Waals surface area contributed by atoms with Gasteiger partial charge in [-0.15, -0.1) is 11.3 Å². The third-order valence-electron chi connectivity index (χ3n) is 4.02. The normalized spacial score (nSPS) is 11.7. The molecule has 0 spiro atoms. The first kappa shape index (κ1) is 20.4. The van der Waals surface area contributed by atoms with E-state index in [-0.39, 0.29) is 6.54 Å². The van der Waals surface area contributed by atoms with E-state index in [0.717, 1.165) is 22.7 Å². The molecule has 0 atom stereocenters. The van der Waals surface area contributed by atoms with E-state index >= 15 is 0 Å². The summed E-state index contributed by atoms with van der Waals surface area (Å²) in [6.07, 6.45) is 0.826. The minimum absolute atomic E-state index is 0.250. The Labute approximate surface area is 169 Å². The van der Waals surface area contributed by atoms with Crippen LogP contribution in [0, 0.1) is 20.8 Å². The van der Waals surface area contributed by atoms with E-state index < -0.39 is 10.0 Å². The third-order valence-corrected chi connectivity index (χ3v) is 7.21. The molecule has 3 heterocycles. The number of nitrogens with zero attached hydrogens (tertiary/aromatic N) is 4. The number of aryl methyl sites for hydroxylation is 4. The van der Waals surface area contributed by atoms with Crippen LogP contribution in [0.3, 0.4) is 0 Å². The Kier molecular flexibility index (Phi) is 6.11. The van der Waals surface area contributed by atoms with Gasteiger partial charge in [0.25, 0.3) is 0 Å². The van der Waals surface area contributed by atoms with Crippen LogP contribution in [0.2, 0.25) is 0 Å². The molecule has 3 aromatic rings. The van der Waals surface area contributed by atoms with Crippen LogP contribution in [-0.2, 0) is 16.4 Å². The zero-order chi connectivity index (χ0) is 20.3. The summed E-state index contributed by atoms with van der Waals surface area (Å²) in [5.41, 5.74) is 1.90. The van der Waals surface area contributed by atoms with Gasteiger partial charge in [0.05, 0.1) is 5.69 Å². The number of sulfonamides is 1. The van der Waals surface area contributed by atoms with Crippen molar-refractivity contribution in [2.24, 2.45) is 0 Å². The summed E-state index contributed by atoms with van der Waals surface area (Å²) in [5.74, 6) is 1.91. The fraction of sp³-hybridized carbons (Fsp3) is 0.389. The molecule has 28 heavy (non-hydrogen) atoms. The quantitative estimate of drug-likeness (QED) is 0.543. The van der Waals surface area contributed by atoms with E-state index in [1.165, 1.54) is 11.3 Å². The SMILES string of the molecule is CCc1ccc(S(=O)(=O)NCCNc2cc(-n3nc(C)cc3C)nc(C)n2)s1. The van der Waals surface area contributed by atoms with Crippen LogP contribution in [0.15, 0.2) is 28.5 Å². The van der Waals surface area contributed by atoms with Gasteiger partial charge in [-0.1, -0.05) is 6.92 Å². The Balaban J connectivity index is 1.63. The van der Waals surface area contributed by atoms with E-state index in [1.807, 2.05) is 39.8 Å². The lowest BCUT2D eigenvalue weighted by Gasteiger charge is -2.10. The van der Waals surface area contributed by atoms with Gasteiger partial charge in [0.2, 0.25) is 10.0 Å². The maximum atomic E-state index is 12.3. The van der Waals surface area contributed by atoms with Crippen molar-refractivity contribution in [3.63, 3.8) is 0 Å². The largest absolute Gasteiger partial charge is 0.369 e. The molecule has 10 heteroatoms. The number of nitrogens with one attached hydrogen (secondary N) is 2. The van der Waals surface area contributed by atoms with Gasteiger partial charge in [-0.25, -0.2) is 27.8 Å². The zero-order valence-corrected chi connectivity index (χ0v) is 18.0. The minimum Gasteiger partial charge on any atom is -0.369 e. The Hall–Kier alpha value is -2.30. The Morgan fingerprint density at radius 1 is 1.11 bits per heavy atom. The maximum Gasteiger partial charge on any atom is 0.250 e. The minimum atomic E-state index is -3.48. The predicted octanol–water partition coefficient (Wildman–Crippen LogP) is 2.60. The van der Waals surface area contributed by atoms with E-state index in [0.29, 0.717) is 28.2 Å². The number of hydrogen-bond donors (Lipinski definition) is 2. The summed E-state index contributed by atoms with van der Waals surface area (Å²) in [7, 11) is -3.48. The summed E-state index contributed by atoms with van der Waals surface area (Å²) in [5, 5.41) is 7.59. The van der Waals surface area contributed by atoms with Crippen molar-refractivity contribution in [1.82, 2.24) is 24.5 Å². The molecule has 0 aliphatic heterocycles. The standard InChI is InChI=1S/C18H24N6O2S2/c1-5-15-6-7-18(27-15)28(25,26)20-9-8-19-16-11-17(22-14(4)21-16)24-13(3)10-12(2)23-24/h6-7,10-11,20H,5,8-9H2,1-4H3,(H,19,21,22). The molecule has 2 N–H and O–H groups in total. The van der Waals surface area contributed by atoms with E-state index in [9.17, 15) is 8.42 Å². The molecule has 0 bridgehead atoms. The number of rotatable bonds is 8. The van der Waals surface area contributed by atoms with Gasteiger partial charge < -0.3 is 5.32 Å². The second-order valence-corrected chi connectivity index (χ2v) is 9.56. The van der Waals surface area contributed by atoms with Crippen molar-refractivity contribution in [3.05, 3.63) is 46.4 Å². The Bertz CT molecular complexity index is 1070. The molecule has 0 saturated carbocycles. The van der Waals surface area contributed by atoms with Gasteiger partial charge in [0, 0.05) is 29.7 Å². The van der Waals surface area contributed by atoms with E-state index in [2.05, 4.69) is 25.1 Å². The van der Waals surface area contributed by atoms with Crippen molar-refractivity contribution < 1.29 is 8.42 Å². The van der Waals surface area contributed by atoms with Gasteiger partial charge >= 0.3 is 0 Å². The lowest BCUT2D eigenvalue weighted by molar-refractivity contribution is 0.585. The van der Waals surface area contributed by atoms with Gasteiger partial charge in [-0.05, 0) is 45.4 Å². The summed E-state index contributed by atoms with van der Waals surface area (Å²) in [6, 6.07) is 7.27. The van der Waals surface area contributed by atoms with Crippen molar-refractivity contribution in [2.75, 3.05) is 18.4 Å². The van der Waals surface area contributed by atoms with Crippen LogP contribution < -0.4 is 10.0 Å². The number of thiophene rings is 1. The molecule has 0 amide bonds. The summed E-state index contributed by atoms with van der Waals surface area (Å²) in [4.78, 5) is 9.85. The summed E-state index contributed by atoms with van der Waals surface area (Å²) in [6.45, 7) is 8.36. The molecule has 0 aliphatic carbocycles. The lowest BCUT2D eigenvalue weighted by Crippen LogP contribution is -2.28. The lowest BCUT2D eigenvalue weighted by atomic mass is 10.4. The second kappa shape index (κ2) is 8.38.